The van der Waals surface area contributed by atoms with E-state index >= 15 is 0 Å². The fraction of sp³-hybridized carbons (Fsp3) is 0.438. The van der Waals surface area contributed by atoms with Gasteiger partial charge in [-0.15, -0.1) is 0 Å². The van der Waals surface area contributed by atoms with Crippen molar-refractivity contribution in [2.45, 2.75) is 79.8 Å². The average Bonchev–Trinajstić information content (AvgIpc) is 3.33. The Bertz CT molecular complexity index is 1590. The lowest BCUT2D eigenvalue weighted by Crippen LogP contribution is -2.25. The Morgan fingerprint density at radius 3 is 1.76 bits per heavy atom. The Morgan fingerprint density at radius 2 is 1.24 bits per heavy atom. The molecule has 42 heavy (non-hydrogen) atoms. The van der Waals surface area contributed by atoms with Gasteiger partial charge in [0.1, 0.15) is 0 Å². The zero-order valence-corrected chi connectivity index (χ0v) is 25.2. The van der Waals surface area contributed by atoms with Crippen molar-refractivity contribution in [1.82, 2.24) is 24.7 Å². The second-order valence-electron chi connectivity index (χ2n) is 13.7. The SMILES string of the molecule is CC(C)(C)Cc1cc(-c2ccc(F)nc2F)nc(C(C)(C)c2cc(CC(C)(C)C)cc(-n3ccc(C(F)(F)F)n3)n2)c1. The Labute approximate surface area is 243 Å². The number of pyridine rings is 3. The van der Waals surface area contributed by atoms with E-state index in [1.807, 2.05) is 26.0 Å². The van der Waals surface area contributed by atoms with Crippen LogP contribution in [-0.4, -0.2) is 24.7 Å². The van der Waals surface area contributed by atoms with Gasteiger partial charge in [-0.25, -0.2) is 9.67 Å². The Kier molecular flexibility index (Phi) is 8.08. The Morgan fingerprint density at radius 1 is 0.667 bits per heavy atom. The summed E-state index contributed by atoms with van der Waals surface area (Å²) >= 11 is 0. The molecule has 0 bridgehead atoms. The van der Waals surface area contributed by atoms with Crippen molar-refractivity contribution < 1.29 is 22.0 Å². The fourth-order valence-electron chi connectivity index (χ4n) is 4.82. The van der Waals surface area contributed by atoms with Crippen molar-refractivity contribution in [2.24, 2.45) is 10.8 Å². The van der Waals surface area contributed by atoms with E-state index in [0.717, 1.165) is 27.9 Å². The summed E-state index contributed by atoms with van der Waals surface area (Å²) in [6.07, 6.45) is -2.06. The number of hydrogen-bond acceptors (Lipinski definition) is 4. The summed E-state index contributed by atoms with van der Waals surface area (Å²) in [5, 5.41) is 3.74. The highest BCUT2D eigenvalue weighted by atomic mass is 19.4. The van der Waals surface area contributed by atoms with Crippen LogP contribution in [0.2, 0.25) is 0 Å². The fourth-order valence-corrected chi connectivity index (χ4v) is 4.82. The maximum Gasteiger partial charge on any atom is 0.435 e. The van der Waals surface area contributed by atoms with E-state index in [-0.39, 0.29) is 22.2 Å². The third-order valence-electron chi connectivity index (χ3n) is 6.71. The van der Waals surface area contributed by atoms with E-state index in [1.54, 1.807) is 12.1 Å². The molecule has 10 heteroatoms. The van der Waals surface area contributed by atoms with E-state index in [4.69, 9.17) is 9.97 Å². The van der Waals surface area contributed by atoms with Crippen molar-refractivity contribution in [2.75, 3.05) is 0 Å². The summed E-state index contributed by atoms with van der Waals surface area (Å²) in [5.74, 6) is -1.65. The first kappa shape index (κ1) is 31.3. The maximum absolute atomic E-state index is 14.8. The van der Waals surface area contributed by atoms with Crippen LogP contribution in [0.4, 0.5) is 22.0 Å². The van der Waals surface area contributed by atoms with Crippen LogP contribution < -0.4 is 0 Å². The normalized spacial score (nSPS) is 13.1. The maximum atomic E-state index is 14.8. The second kappa shape index (κ2) is 10.9. The van der Waals surface area contributed by atoms with Gasteiger partial charge >= 0.3 is 6.18 Å². The zero-order chi connectivity index (χ0) is 31.3. The first-order valence-corrected chi connectivity index (χ1v) is 13.7. The van der Waals surface area contributed by atoms with Gasteiger partial charge in [0.25, 0.3) is 0 Å². The minimum Gasteiger partial charge on any atom is -0.252 e. The quantitative estimate of drug-likeness (QED) is 0.168. The van der Waals surface area contributed by atoms with Gasteiger partial charge in [-0.05, 0) is 91.1 Å². The first-order valence-electron chi connectivity index (χ1n) is 13.7. The molecule has 0 fully saturated rings. The molecule has 0 aromatic carbocycles. The molecular formula is C32H36F5N5. The minimum atomic E-state index is -4.59. The van der Waals surface area contributed by atoms with Gasteiger partial charge in [0.2, 0.25) is 11.9 Å². The number of rotatable bonds is 6. The van der Waals surface area contributed by atoms with Gasteiger partial charge in [-0.3, -0.25) is 4.98 Å². The molecule has 4 heterocycles. The molecule has 0 aliphatic rings. The highest BCUT2D eigenvalue weighted by Crippen LogP contribution is 2.36. The summed E-state index contributed by atoms with van der Waals surface area (Å²) in [7, 11) is 0. The largest absolute Gasteiger partial charge is 0.435 e. The van der Waals surface area contributed by atoms with Crippen molar-refractivity contribution in [3.63, 3.8) is 0 Å². The van der Waals surface area contributed by atoms with Crippen LogP contribution in [0.1, 0.15) is 83.6 Å². The van der Waals surface area contributed by atoms with Gasteiger partial charge in [0.05, 0.1) is 22.6 Å². The van der Waals surface area contributed by atoms with Crippen LogP contribution in [0, 0.1) is 22.7 Å². The molecule has 0 saturated carbocycles. The van der Waals surface area contributed by atoms with Gasteiger partial charge in [-0.2, -0.15) is 32.0 Å². The molecular weight excluding hydrogens is 549 g/mol. The molecule has 0 radical (unpaired) electrons. The smallest absolute Gasteiger partial charge is 0.252 e. The third-order valence-corrected chi connectivity index (χ3v) is 6.71. The second-order valence-corrected chi connectivity index (χ2v) is 13.7. The number of hydrogen-bond donors (Lipinski definition) is 0. The standard InChI is InChI=1S/C32H36F5N5/c1-29(2,3)17-19-13-22(21-9-10-26(33)40-28(21)34)38-24(14-19)31(7,8)25-15-20(18-30(4,5)6)16-27(39-25)42-12-11-23(41-42)32(35,36)37/h9-16H,17-18H2,1-8H3. The van der Waals surface area contributed by atoms with Crippen LogP contribution in [0.5, 0.6) is 0 Å². The molecule has 5 nitrogen and oxygen atoms in total. The van der Waals surface area contributed by atoms with Crippen molar-refractivity contribution in [1.29, 1.82) is 0 Å². The molecule has 0 atom stereocenters. The van der Waals surface area contributed by atoms with Crippen molar-refractivity contribution >= 4 is 0 Å². The lowest BCUT2D eigenvalue weighted by atomic mass is 9.80. The Balaban J connectivity index is 1.91. The highest BCUT2D eigenvalue weighted by Gasteiger charge is 2.34. The monoisotopic (exact) mass is 585 g/mol. The zero-order valence-electron chi connectivity index (χ0n) is 25.2. The van der Waals surface area contributed by atoms with E-state index < -0.39 is 29.2 Å². The van der Waals surface area contributed by atoms with Crippen LogP contribution in [0.25, 0.3) is 17.1 Å². The van der Waals surface area contributed by atoms with E-state index in [2.05, 4.69) is 51.6 Å². The topological polar surface area (TPSA) is 56.5 Å². The van der Waals surface area contributed by atoms with Gasteiger partial charge in [0.15, 0.2) is 11.5 Å². The predicted octanol–water partition coefficient (Wildman–Crippen LogP) is 8.52. The van der Waals surface area contributed by atoms with E-state index in [1.165, 1.54) is 12.3 Å². The molecule has 0 unspecified atom stereocenters. The molecule has 0 saturated heterocycles. The van der Waals surface area contributed by atoms with Crippen LogP contribution >= 0.6 is 0 Å². The molecule has 0 aliphatic heterocycles. The molecule has 0 amide bonds. The first-order chi connectivity index (χ1) is 19.2. The number of aromatic nitrogens is 5. The van der Waals surface area contributed by atoms with Crippen molar-refractivity contribution in [3.8, 4) is 17.1 Å². The van der Waals surface area contributed by atoms with E-state index in [0.29, 0.717) is 29.9 Å². The molecule has 4 aromatic rings. The summed E-state index contributed by atoms with van der Waals surface area (Å²) < 4.78 is 69.5. The van der Waals surface area contributed by atoms with E-state index in [9.17, 15) is 22.0 Å². The van der Waals surface area contributed by atoms with Crippen molar-refractivity contribution in [3.05, 3.63) is 88.8 Å². The molecule has 224 valence electrons. The Hall–Kier alpha value is -3.69. The molecule has 0 aliphatic carbocycles. The summed E-state index contributed by atoms with van der Waals surface area (Å²) in [4.78, 5) is 12.9. The molecule has 0 N–H and O–H groups in total. The molecule has 4 rings (SSSR count). The van der Waals surface area contributed by atoms with Gasteiger partial charge in [-0.1, -0.05) is 41.5 Å². The molecule has 0 spiro atoms. The van der Waals surface area contributed by atoms with Crippen LogP contribution in [0.3, 0.4) is 0 Å². The summed E-state index contributed by atoms with van der Waals surface area (Å²) in [5.41, 5.74) is 1.18. The number of alkyl halides is 3. The molecule has 4 aromatic heterocycles. The third kappa shape index (κ3) is 7.38. The summed E-state index contributed by atoms with van der Waals surface area (Å²) in [6, 6.07) is 10.7. The predicted molar refractivity (Wildman–Crippen MR) is 152 cm³/mol. The minimum absolute atomic E-state index is 0.0653. The number of halogens is 5. The lowest BCUT2D eigenvalue weighted by molar-refractivity contribution is -0.141. The average molecular weight is 586 g/mol. The lowest BCUT2D eigenvalue weighted by Gasteiger charge is -2.28. The van der Waals surface area contributed by atoms with Gasteiger partial charge in [0, 0.05) is 11.6 Å². The number of nitrogens with zero attached hydrogens (tertiary/aromatic N) is 5. The van der Waals surface area contributed by atoms with Crippen LogP contribution in [0.15, 0.2) is 48.7 Å². The van der Waals surface area contributed by atoms with Crippen LogP contribution in [-0.2, 0) is 24.4 Å². The van der Waals surface area contributed by atoms with Gasteiger partial charge < -0.3 is 0 Å². The summed E-state index contributed by atoms with van der Waals surface area (Å²) in [6.45, 7) is 16.3. The highest BCUT2D eigenvalue weighted by molar-refractivity contribution is 5.60.